The van der Waals surface area contributed by atoms with Crippen LogP contribution in [0.2, 0.25) is 0 Å². The van der Waals surface area contributed by atoms with Gasteiger partial charge in [0.1, 0.15) is 6.33 Å². The number of hydrogen-bond donors (Lipinski definition) is 1. The van der Waals surface area contributed by atoms with E-state index >= 15 is 0 Å². The van der Waals surface area contributed by atoms with Crippen LogP contribution in [0.4, 0.5) is 17.3 Å². The lowest BCUT2D eigenvalue weighted by Crippen LogP contribution is -2.56. The number of nitrogens with one attached hydrogen (secondary N) is 1. The molecule has 0 unspecified atom stereocenters. The number of ether oxygens (including phenoxy) is 1. The third kappa shape index (κ3) is 4.38. The molecule has 2 saturated heterocycles. The molecule has 0 radical (unpaired) electrons. The minimum absolute atomic E-state index is 0.539. The van der Waals surface area contributed by atoms with Crippen LogP contribution in [-0.2, 0) is 11.2 Å². The second-order valence-electron chi connectivity index (χ2n) is 8.11. The Morgan fingerprint density at radius 1 is 1.10 bits per heavy atom. The SMILES string of the molecule is CCc1cc(Nc2ncn(-c3cncc(C)n3)n2)cc(N2CCN(C3COC3)CC2)c1. The molecule has 0 amide bonds. The number of hydrogen-bond acceptors (Lipinski definition) is 8. The standard InChI is InChI=1S/C22H28N8O/c1-3-17-8-18(26-22-24-15-30(27-22)21-12-23-11-16(2)25-21)10-19(9-17)28-4-6-29(7-5-28)20-13-31-14-20/h8-12,15,20H,3-7,13-14H2,1-2H3,(H,26,27). The molecule has 0 spiro atoms. The zero-order valence-electron chi connectivity index (χ0n) is 18.0. The van der Waals surface area contributed by atoms with Gasteiger partial charge in [-0.3, -0.25) is 9.88 Å². The van der Waals surface area contributed by atoms with E-state index in [4.69, 9.17) is 4.74 Å². The van der Waals surface area contributed by atoms with E-state index in [-0.39, 0.29) is 0 Å². The van der Waals surface area contributed by atoms with Gasteiger partial charge in [0.2, 0.25) is 5.95 Å². The fourth-order valence-corrected chi connectivity index (χ4v) is 4.03. The molecule has 3 aromatic rings. The van der Waals surface area contributed by atoms with Crippen molar-refractivity contribution in [2.75, 3.05) is 49.6 Å². The summed E-state index contributed by atoms with van der Waals surface area (Å²) < 4.78 is 6.99. The highest BCUT2D eigenvalue weighted by atomic mass is 16.5. The molecule has 31 heavy (non-hydrogen) atoms. The minimum Gasteiger partial charge on any atom is -0.378 e. The first-order chi connectivity index (χ1) is 15.2. The Hall–Kier alpha value is -3.04. The van der Waals surface area contributed by atoms with Crippen LogP contribution in [-0.4, -0.2) is 75.1 Å². The Kier molecular flexibility index (Phi) is 5.52. The fourth-order valence-electron chi connectivity index (χ4n) is 4.03. The van der Waals surface area contributed by atoms with Gasteiger partial charge in [0, 0.05) is 43.8 Å². The maximum Gasteiger partial charge on any atom is 0.247 e. The highest BCUT2D eigenvalue weighted by Crippen LogP contribution is 2.26. The van der Waals surface area contributed by atoms with Crippen molar-refractivity contribution in [3.05, 3.63) is 48.2 Å². The molecule has 0 bridgehead atoms. The van der Waals surface area contributed by atoms with Crippen LogP contribution < -0.4 is 10.2 Å². The number of benzene rings is 1. The maximum atomic E-state index is 5.35. The molecule has 5 rings (SSSR count). The van der Waals surface area contributed by atoms with Gasteiger partial charge in [-0.1, -0.05) is 6.92 Å². The first-order valence-electron chi connectivity index (χ1n) is 10.9. The summed E-state index contributed by atoms with van der Waals surface area (Å²) in [7, 11) is 0. The molecular weight excluding hydrogens is 392 g/mol. The number of rotatable bonds is 6. The van der Waals surface area contributed by atoms with Crippen LogP contribution in [0.3, 0.4) is 0 Å². The Labute approximate surface area is 182 Å². The molecule has 0 saturated carbocycles. The summed E-state index contributed by atoms with van der Waals surface area (Å²) in [6, 6.07) is 7.26. The summed E-state index contributed by atoms with van der Waals surface area (Å²) in [5, 5.41) is 7.88. The maximum absolute atomic E-state index is 5.35. The lowest BCUT2D eigenvalue weighted by molar-refractivity contribution is -0.0660. The van der Waals surface area contributed by atoms with Gasteiger partial charge in [0.25, 0.3) is 0 Å². The van der Waals surface area contributed by atoms with E-state index < -0.39 is 0 Å². The van der Waals surface area contributed by atoms with Crippen LogP contribution in [0, 0.1) is 6.92 Å². The molecule has 0 aliphatic carbocycles. The molecule has 1 N–H and O–H groups in total. The van der Waals surface area contributed by atoms with Gasteiger partial charge in [-0.15, -0.1) is 5.10 Å². The number of piperazine rings is 1. The smallest absolute Gasteiger partial charge is 0.247 e. The third-order valence-electron chi connectivity index (χ3n) is 5.93. The normalized spacial score (nSPS) is 17.5. The van der Waals surface area contributed by atoms with Crippen molar-refractivity contribution in [3.63, 3.8) is 0 Å². The van der Waals surface area contributed by atoms with Gasteiger partial charge < -0.3 is 15.0 Å². The van der Waals surface area contributed by atoms with E-state index in [1.165, 1.54) is 11.3 Å². The molecule has 0 atom stereocenters. The predicted octanol–water partition coefficient (Wildman–Crippen LogP) is 2.19. The quantitative estimate of drug-likeness (QED) is 0.650. The van der Waals surface area contributed by atoms with E-state index in [1.807, 2.05) is 6.92 Å². The van der Waals surface area contributed by atoms with Crippen LogP contribution in [0.5, 0.6) is 0 Å². The van der Waals surface area contributed by atoms with Crippen molar-refractivity contribution in [3.8, 4) is 5.82 Å². The van der Waals surface area contributed by atoms with Gasteiger partial charge in [-0.05, 0) is 37.1 Å². The second kappa shape index (κ2) is 8.60. The van der Waals surface area contributed by atoms with Crippen molar-refractivity contribution in [1.82, 2.24) is 29.6 Å². The monoisotopic (exact) mass is 420 g/mol. The summed E-state index contributed by atoms with van der Waals surface area (Å²) in [6.45, 7) is 10.1. The van der Waals surface area contributed by atoms with E-state index in [2.05, 4.69) is 60.3 Å². The molecule has 2 aliphatic rings. The number of anilines is 3. The summed E-state index contributed by atoms with van der Waals surface area (Å²) in [4.78, 5) is 18.0. The Bertz CT molecular complexity index is 1040. The summed E-state index contributed by atoms with van der Waals surface area (Å²) >= 11 is 0. The number of aromatic nitrogens is 5. The van der Waals surface area contributed by atoms with Crippen molar-refractivity contribution < 1.29 is 4.74 Å². The summed E-state index contributed by atoms with van der Waals surface area (Å²) in [5.74, 6) is 1.19. The fraction of sp³-hybridized carbons (Fsp3) is 0.455. The van der Waals surface area contributed by atoms with E-state index in [0.717, 1.165) is 57.2 Å². The molecule has 2 aromatic heterocycles. The molecule has 9 heteroatoms. The Morgan fingerprint density at radius 3 is 2.65 bits per heavy atom. The van der Waals surface area contributed by atoms with Crippen LogP contribution in [0.15, 0.2) is 36.9 Å². The minimum atomic E-state index is 0.539. The Balaban J connectivity index is 1.31. The third-order valence-corrected chi connectivity index (χ3v) is 5.93. The molecular formula is C22H28N8O. The predicted molar refractivity (Wildman–Crippen MR) is 119 cm³/mol. The zero-order chi connectivity index (χ0) is 21.2. The van der Waals surface area contributed by atoms with Crippen molar-refractivity contribution in [2.45, 2.75) is 26.3 Å². The largest absolute Gasteiger partial charge is 0.378 e. The van der Waals surface area contributed by atoms with Gasteiger partial charge in [-0.25, -0.2) is 4.98 Å². The topological polar surface area (TPSA) is 84.2 Å². The Morgan fingerprint density at radius 2 is 1.94 bits per heavy atom. The molecule has 9 nitrogen and oxygen atoms in total. The van der Waals surface area contributed by atoms with Gasteiger partial charge in [0.05, 0.1) is 31.1 Å². The molecule has 1 aromatic carbocycles. The average molecular weight is 421 g/mol. The lowest BCUT2D eigenvalue weighted by Gasteiger charge is -2.43. The van der Waals surface area contributed by atoms with Crippen molar-refractivity contribution in [2.24, 2.45) is 0 Å². The van der Waals surface area contributed by atoms with Crippen LogP contribution >= 0.6 is 0 Å². The van der Waals surface area contributed by atoms with Crippen molar-refractivity contribution >= 4 is 17.3 Å². The highest BCUT2D eigenvalue weighted by Gasteiger charge is 2.29. The van der Waals surface area contributed by atoms with E-state index in [1.54, 1.807) is 23.4 Å². The van der Waals surface area contributed by atoms with Gasteiger partial charge in [0.15, 0.2) is 5.82 Å². The van der Waals surface area contributed by atoms with Crippen LogP contribution in [0.1, 0.15) is 18.2 Å². The molecule has 2 aliphatic heterocycles. The summed E-state index contributed by atoms with van der Waals surface area (Å²) in [5.41, 5.74) is 4.37. The number of aryl methyl sites for hydroxylation is 2. The summed E-state index contributed by atoms with van der Waals surface area (Å²) in [6.07, 6.45) is 6.02. The second-order valence-corrected chi connectivity index (χ2v) is 8.11. The van der Waals surface area contributed by atoms with Crippen molar-refractivity contribution in [1.29, 1.82) is 0 Å². The lowest BCUT2D eigenvalue weighted by atomic mass is 10.1. The highest BCUT2D eigenvalue weighted by molar-refractivity contribution is 5.64. The molecule has 4 heterocycles. The zero-order valence-corrected chi connectivity index (χ0v) is 18.0. The van der Waals surface area contributed by atoms with E-state index in [0.29, 0.717) is 17.8 Å². The molecule has 2 fully saturated rings. The van der Waals surface area contributed by atoms with Crippen LogP contribution in [0.25, 0.3) is 5.82 Å². The van der Waals surface area contributed by atoms with E-state index in [9.17, 15) is 0 Å². The van der Waals surface area contributed by atoms with Gasteiger partial charge >= 0.3 is 0 Å². The number of nitrogens with zero attached hydrogens (tertiary/aromatic N) is 7. The first-order valence-corrected chi connectivity index (χ1v) is 10.9. The first kappa shape index (κ1) is 19.9. The van der Waals surface area contributed by atoms with Gasteiger partial charge in [-0.2, -0.15) is 9.67 Å². The molecule has 162 valence electrons. The average Bonchev–Trinajstić information content (AvgIpc) is 3.21.